The summed E-state index contributed by atoms with van der Waals surface area (Å²) in [6.45, 7) is 4.74. The lowest BCUT2D eigenvalue weighted by molar-refractivity contribution is -0.160. The average Bonchev–Trinajstić information content (AvgIpc) is 3.30. The van der Waals surface area contributed by atoms with Crippen LogP contribution < -0.4 is 0 Å². The molecule has 25 heavy (non-hydrogen) atoms. The highest BCUT2D eigenvalue weighted by atomic mass is 16.6. The molecule has 1 aliphatic heterocycles. The largest absolute Gasteiger partial charge is 0.454 e. The Balaban J connectivity index is 1.46. The minimum absolute atomic E-state index is 0.0725. The molecule has 3 rings (SSSR count). The predicted molar refractivity (Wildman–Crippen MR) is 88.7 cm³/mol. The van der Waals surface area contributed by atoms with Gasteiger partial charge in [-0.05, 0) is 26.7 Å². The Morgan fingerprint density at radius 3 is 2.88 bits per heavy atom. The molecule has 2 atom stereocenters. The number of carbonyl (C=O) groups excluding carboxylic acids is 1. The number of ether oxygens (including phenoxy) is 3. The van der Waals surface area contributed by atoms with Gasteiger partial charge >= 0.3 is 5.97 Å². The van der Waals surface area contributed by atoms with Gasteiger partial charge in [0.05, 0.1) is 12.7 Å². The van der Waals surface area contributed by atoms with Crippen molar-refractivity contribution >= 4 is 5.97 Å². The van der Waals surface area contributed by atoms with Crippen molar-refractivity contribution in [2.75, 3.05) is 13.2 Å². The Morgan fingerprint density at radius 1 is 1.36 bits per heavy atom. The Bertz CT molecular complexity index is 692. The van der Waals surface area contributed by atoms with Crippen LogP contribution in [0.1, 0.15) is 31.2 Å². The fraction of sp³-hybridized carbons (Fsp3) is 0.500. The zero-order valence-corrected chi connectivity index (χ0v) is 14.4. The van der Waals surface area contributed by atoms with Crippen LogP contribution in [0.4, 0.5) is 0 Å². The molecule has 7 nitrogen and oxygen atoms in total. The third kappa shape index (κ3) is 4.87. The zero-order valence-electron chi connectivity index (χ0n) is 14.4. The molecule has 2 unspecified atom stereocenters. The molecule has 134 valence electrons. The fourth-order valence-corrected chi connectivity index (χ4v) is 2.48. The summed E-state index contributed by atoms with van der Waals surface area (Å²) in [5.74, 6) is 0.247. The lowest BCUT2D eigenvalue weighted by Crippen LogP contribution is -2.27. The first-order chi connectivity index (χ1) is 12.1. The summed E-state index contributed by atoms with van der Waals surface area (Å²) in [6, 6.07) is 7.77. The smallest absolute Gasteiger partial charge is 0.335 e. The SMILES string of the molecule is Cc1ccc(-c2noc(COC(=O)C(C)OCC3CCCO3)n2)cc1. The molecule has 0 N–H and O–H groups in total. The summed E-state index contributed by atoms with van der Waals surface area (Å²) in [6.07, 6.45) is 1.41. The van der Waals surface area contributed by atoms with Crippen molar-refractivity contribution in [1.82, 2.24) is 10.1 Å². The van der Waals surface area contributed by atoms with Crippen LogP contribution in [-0.2, 0) is 25.6 Å². The number of carbonyl (C=O) groups is 1. The highest BCUT2D eigenvalue weighted by Crippen LogP contribution is 2.17. The minimum Gasteiger partial charge on any atom is -0.454 e. The zero-order chi connectivity index (χ0) is 17.6. The molecule has 0 amide bonds. The Labute approximate surface area is 146 Å². The normalized spacial score (nSPS) is 18.2. The number of esters is 1. The van der Waals surface area contributed by atoms with Gasteiger partial charge in [0.1, 0.15) is 0 Å². The third-order valence-electron chi connectivity index (χ3n) is 4.00. The van der Waals surface area contributed by atoms with Crippen LogP contribution in [-0.4, -0.2) is 41.5 Å². The van der Waals surface area contributed by atoms with Gasteiger partial charge in [-0.2, -0.15) is 4.98 Å². The first-order valence-corrected chi connectivity index (χ1v) is 8.41. The van der Waals surface area contributed by atoms with Crippen molar-refractivity contribution in [2.45, 2.75) is 45.5 Å². The number of aromatic nitrogens is 2. The van der Waals surface area contributed by atoms with Crippen LogP contribution in [0.2, 0.25) is 0 Å². The van der Waals surface area contributed by atoms with Gasteiger partial charge in [-0.15, -0.1) is 0 Å². The van der Waals surface area contributed by atoms with Crippen LogP contribution in [0.15, 0.2) is 28.8 Å². The topological polar surface area (TPSA) is 83.7 Å². The maximum absolute atomic E-state index is 12.0. The van der Waals surface area contributed by atoms with Crippen molar-refractivity contribution in [2.24, 2.45) is 0 Å². The Kier molecular flexibility index (Phi) is 5.78. The van der Waals surface area contributed by atoms with E-state index in [4.69, 9.17) is 18.7 Å². The van der Waals surface area contributed by atoms with E-state index in [1.807, 2.05) is 31.2 Å². The van der Waals surface area contributed by atoms with Gasteiger partial charge in [-0.3, -0.25) is 0 Å². The van der Waals surface area contributed by atoms with Gasteiger partial charge in [-0.1, -0.05) is 35.0 Å². The molecule has 1 aromatic carbocycles. The molecular formula is C18H22N2O5. The summed E-state index contributed by atoms with van der Waals surface area (Å²) in [5, 5.41) is 3.90. The summed E-state index contributed by atoms with van der Waals surface area (Å²) < 4.78 is 21.2. The quantitative estimate of drug-likeness (QED) is 0.713. The molecule has 0 aliphatic carbocycles. The maximum atomic E-state index is 12.0. The Morgan fingerprint density at radius 2 is 2.16 bits per heavy atom. The molecule has 0 bridgehead atoms. The highest BCUT2D eigenvalue weighted by molar-refractivity contribution is 5.74. The molecule has 1 aliphatic rings. The van der Waals surface area contributed by atoms with Crippen molar-refractivity contribution < 1.29 is 23.5 Å². The van der Waals surface area contributed by atoms with E-state index in [9.17, 15) is 4.79 Å². The predicted octanol–water partition coefficient (Wildman–Crippen LogP) is 2.67. The molecule has 2 aromatic rings. The van der Waals surface area contributed by atoms with Crippen LogP contribution >= 0.6 is 0 Å². The molecule has 7 heteroatoms. The Hall–Kier alpha value is -2.25. The van der Waals surface area contributed by atoms with Gasteiger partial charge < -0.3 is 18.7 Å². The van der Waals surface area contributed by atoms with E-state index in [0.29, 0.717) is 12.4 Å². The number of rotatable bonds is 7. The van der Waals surface area contributed by atoms with Crippen molar-refractivity contribution in [1.29, 1.82) is 0 Å². The summed E-state index contributed by atoms with van der Waals surface area (Å²) in [7, 11) is 0. The van der Waals surface area contributed by atoms with Gasteiger partial charge in [0, 0.05) is 12.2 Å². The second-order valence-electron chi connectivity index (χ2n) is 6.10. The van der Waals surface area contributed by atoms with E-state index in [0.717, 1.165) is 30.6 Å². The number of hydrogen-bond donors (Lipinski definition) is 0. The van der Waals surface area contributed by atoms with Crippen molar-refractivity contribution in [3.8, 4) is 11.4 Å². The van der Waals surface area contributed by atoms with Crippen LogP contribution in [0, 0.1) is 6.92 Å². The molecule has 0 saturated carbocycles. The maximum Gasteiger partial charge on any atom is 0.335 e. The average molecular weight is 346 g/mol. The lowest BCUT2D eigenvalue weighted by atomic mass is 10.1. The number of aryl methyl sites for hydroxylation is 1. The molecule has 0 spiro atoms. The standard InChI is InChI=1S/C18H22N2O5/c1-12-5-7-14(8-6-12)17-19-16(25-20-17)11-24-18(21)13(2)23-10-15-4-3-9-22-15/h5-8,13,15H,3-4,9-11H2,1-2H3. The summed E-state index contributed by atoms with van der Waals surface area (Å²) in [4.78, 5) is 16.2. The third-order valence-corrected chi connectivity index (χ3v) is 4.00. The number of benzene rings is 1. The number of hydrogen-bond acceptors (Lipinski definition) is 7. The van der Waals surface area contributed by atoms with E-state index in [-0.39, 0.29) is 18.6 Å². The van der Waals surface area contributed by atoms with Crippen LogP contribution in [0.25, 0.3) is 11.4 Å². The summed E-state index contributed by atoms with van der Waals surface area (Å²) in [5.41, 5.74) is 2.00. The molecule has 0 radical (unpaired) electrons. The second-order valence-corrected chi connectivity index (χ2v) is 6.10. The minimum atomic E-state index is -0.663. The number of nitrogens with zero attached hydrogens (tertiary/aromatic N) is 2. The van der Waals surface area contributed by atoms with Crippen molar-refractivity contribution in [3.63, 3.8) is 0 Å². The van der Waals surface area contributed by atoms with E-state index in [2.05, 4.69) is 10.1 Å². The van der Waals surface area contributed by atoms with Gasteiger partial charge in [0.25, 0.3) is 5.89 Å². The van der Waals surface area contributed by atoms with Crippen LogP contribution in [0.5, 0.6) is 0 Å². The van der Waals surface area contributed by atoms with E-state index in [1.165, 1.54) is 0 Å². The first kappa shape index (κ1) is 17.6. The monoisotopic (exact) mass is 346 g/mol. The molecular weight excluding hydrogens is 324 g/mol. The molecule has 1 fully saturated rings. The lowest BCUT2D eigenvalue weighted by Gasteiger charge is -2.14. The fourth-order valence-electron chi connectivity index (χ4n) is 2.48. The highest BCUT2D eigenvalue weighted by Gasteiger charge is 2.21. The second kappa shape index (κ2) is 8.22. The van der Waals surface area contributed by atoms with Crippen molar-refractivity contribution in [3.05, 3.63) is 35.7 Å². The van der Waals surface area contributed by atoms with E-state index >= 15 is 0 Å². The first-order valence-electron chi connectivity index (χ1n) is 8.41. The van der Waals surface area contributed by atoms with Crippen LogP contribution in [0.3, 0.4) is 0 Å². The van der Waals surface area contributed by atoms with E-state index in [1.54, 1.807) is 6.92 Å². The van der Waals surface area contributed by atoms with Gasteiger partial charge in [0.2, 0.25) is 5.82 Å². The molecule has 1 saturated heterocycles. The van der Waals surface area contributed by atoms with Gasteiger partial charge in [0.15, 0.2) is 12.7 Å². The molecule has 2 heterocycles. The van der Waals surface area contributed by atoms with E-state index < -0.39 is 12.1 Å². The van der Waals surface area contributed by atoms with Gasteiger partial charge in [-0.25, -0.2) is 4.79 Å². The summed E-state index contributed by atoms with van der Waals surface area (Å²) >= 11 is 0. The molecule has 1 aromatic heterocycles.